The number of aromatic nitrogens is 2. The minimum Gasteiger partial charge on any atom is -0.454 e. The average molecular weight is 423 g/mol. The Kier molecular flexibility index (Phi) is 5.00. The second-order valence-electron chi connectivity index (χ2n) is 7.55. The van der Waals surface area contributed by atoms with Gasteiger partial charge in [0.05, 0.1) is 12.1 Å². The van der Waals surface area contributed by atoms with Gasteiger partial charge in [-0.25, -0.2) is 4.98 Å². The van der Waals surface area contributed by atoms with Crippen molar-refractivity contribution in [1.82, 2.24) is 14.9 Å². The summed E-state index contributed by atoms with van der Waals surface area (Å²) < 4.78 is 10.7. The van der Waals surface area contributed by atoms with E-state index >= 15 is 0 Å². The smallest absolute Gasteiger partial charge is 0.251 e. The summed E-state index contributed by atoms with van der Waals surface area (Å²) in [5.74, 6) is 2.37. The molecule has 154 valence electrons. The van der Waals surface area contributed by atoms with Crippen LogP contribution < -0.4 is 15.0 Å². The number of fused-ring (bicyclic) bond motifs is 1. The first-order chi connectivity index (χ1) is 14.7. The fourth-order valence-electron chi connectivity index (χ4n) is 3.97. The molecular weight excluding hydrogens is 402 g/mol. The molecular formula is C22H21N3O4S. The van der Waals surface area contributed by atoms with Crippen LogP contribution in [0.1, 0.15) is 30.1 Å². The summed E-state index contributed by atoms with van der Waals surface area (Å²) in [6.45, 7) is 1.53. The van der Waals surface area contributed by atoms with Gasteiger partial charge in [-0.2, -0.15) is 11.3 Å². The predicted octanol–water partition coefficient (Wildman–Crippen LogP) is 3.18. The Hall–Kier alpha value is -3.13. The Balaban J connectivity index is 1.23. The van der Waals surface area contributed by atoms with Crippen LogP contribution in [0.15, 0.2) is 45.9 Å². The number of carbonyl (C=O) groups is 1. The Bertz CT molecular complexity index is 1120. The molecule has 8 heteroatoms. The van der Waals surface area contributed by atoms with E-state index in [0.717, 1.165) is 29.7 Å². The molecule has 0 radical (unpaired) electrons. The highest BCUT2D eigenvalue weighted by Crippen LogP contribution is 2.33. The van der Waals surface area contributed by atoms with Crippen LogP contribution in [0.5, 0.6) is 11.5 Å². The molecule has 5 rings (SSSR count). The fourth-order valence-corrected chi connectivity index (χ4v) is 4.62. The maximum atomic E-state index is 12.8. The summed E-state index contributed by atoms with van der Waals surface area (Å²) in [7, 11) is 0. The summed E-state index contributed by atoms with van der Waals surface area (Å²) in [5.41, 5.74) is 2.45. The SMILES string of the molecule is O=C(Cc1ccc2c(c1)OCO2)N1CCC(c2nc(-c3ccsc3)cc(=O)[nH]2)CC1. The number of piperidine rings is 1. The molecule has 0 bridgehead atoms. The van der Waals surface area contributed by atoms with E-state index in [4.69, 9.17) is 14.5 Å². The fraction of sp³-hybridized carbons (Fsp3) is 0.318. The average Bonchev–Trinajstić information content (AvgIpc) is 3.45. The number of rotatable bonds is 4. The van der Waals surface area contributed by atoms with Gasteiger partial charge in [0.2, 0.25) is 12.7 Å². The van der Waals surface area contributed by atoms with Crippen LogP contribution in [-0.2, 0) is 11.2 Å². The number of hydrogen-bond acceptors (Lipinski definition) is 6. The summed E-state index contributed by atoms with van der Waals surface area (Å²) >= 11 is 1.58. The number of nitrogens with one attached hydrogen (secondary N) is 1. The number of likely N-dealkylation sites (tertiary alicyclic amines) is 1. The van der Waals surface area contributed by atoms with Crippen molar-refractivity contribution < 1.29 is 14.3 Å². The summed E-state index contributed by atoms with van der Waals surface area (Å²) in [6.07, 6.45) is 1.90. The highest BCUT2D eigenvalue weighted by atomic mass is 32.1. The lowest BCUT2D eigenvalue weighted by atomic mass is 9.95. The highest BCUT2D eigenvalue weighted by molar-refractivity contribution is 7.08. The summed E-state index contributed by atoms with van der Waals surface area (Å²) in [6, 6.07) is 9.13. The van der Waals surface area contributed by atoms with Gasteiger partial charge >= 0.3 is 0 Å². The molecule has 0 unspecified atom stereocenters. The number of ether oxygens (including phenoxy) is 2. The molecule has 2 aliphatic rings. The molecule has 4 heterocycles. The molecule has 2 aromatic heterocycles. The summed E-state index contributed by atoms with van der Waals surface area (Å²) in [4.78, 5) is 34.4. The van der Waals surface area contributed by atoms with E-state index in [-0.39, 0.29) is 24.2 Å². The van der Waals surface area contributed by atoms with Crippen LogP contribution >= 0.6 is 11.3 Å². The van der Waals surface area contributed by atoms with Gasteiger partial charge < -0.3 is 19.4 Å². The zero-order chi connectivity index (χ0) is 20.5. The molecule has 1 saturated heterocycles. The zero-order valence-corrected chi connectivity index (χ0v) is 17.1. The van der Waals surface area contributed by atoms with Gasteiger partial charge in [-0.05, 0) is 42.0 Å². The summed E-state index contributed by atoms with van der Waals surface area (Å²) in [5, 5.41) is 3.96. The van der Waals surface area contributed by atoms with Gasteiger partial charge in [-0.3, -0.25) is 9.59 Å². The third-order valence-electron chi connectivity index (χ3n) is 5.60. The van der Waals surface area contributed by atoms with Crippen LogP contribution in [0.4, 0.5) is 0 Å². The normalized spacial score (nSPS) is 16.1. The van der Waals surface area contributed by atoms with E-state index < -0.39 is 0 Å². The lowest BCUT2D eigenvalue weighted by molar-refractivity contribution is -0.131. The topological polar surface area (TPSA) is 84.5 Å². The van der Waals surface area contributed by atoms with E-state index in [1.807, 2.05) is 39.9 Å². The number of thiophene rings is 1. The minimum absolute atomic E-state index is 0.0980. The molecule has 0 spiro atoms. The number of amides is 1. The molecule has 0 saturated carbocycles. The van der Waals surface area contributed by atoms with Crippen LogP contribution in [0.3, 0.4) is 0 Å². The van der Waals surface area contributed by atoms with Gasteiger partial charge in [-0.15, -0.1) is 0 Å². The third-order valence-corrected chi connectivity index (χ3v) is 6.29. The van der Waals surface area contributed by atoms with E-state index in [1.54, 1.807) is 11.3 Å². The molecule has 3 aromatic rings. The van der Waals surface area contributed by atoms with E-state index in [0.29, 0.717) is 36.8 Å². The molecule has 1 aromatic carbocycles. The first-order valence-electron chi connectivity index (χ1n) is 9.96. The predicted molar refractivity (Wildman–Crippen MR) is 113 cm³/mol. The second kappa shape index (κ2) is 7.95. The van der Waals surface area contributed by atoms with E-state index in [9.17, 15) is 9.59 Å². The molecule has 1 fully saturated rings. The Morgan fingerprint density at radius 1 is 1.17 bits per heavy atom. The van der Waals surface area contributed by atoms with Crippen molar-refractivity contribution >= 4 is 17.2 Å². The molecule has 0 atom stereocenters. The second-order valence-corrected chi connectivity index (χ2v) is 8.33. The van der Waals surface area contributed by atoms with Crippen molar-refractivity contribution in [3.05, 3.63) is 62.8 Å². The number of nitrogens with zero attached hydrogens (tertiary/aromatic N) is 2. The highest BCUT2D eigenvalue weighted by Gasteiger charge is 2.26. The van der Waals surface area contributed by atoms with Gasteiger partial charge in [0.1, 0.15) is 5.82 Å². The van der Waals surface area contributed by atoms with Gasteiger partial charge in [0.25, 0.3) is 5.56 Å². The van der Waals surface area contributed by atoms with Crippen molar-refractivity contribution in [1.29, 1.82) is 0 Å². The van der Waals surface area contributed by atoms with Gasteiger partial charge in [-0.1, -0.05) is 6.07 Å². The number of benzene rings is 1. The van der Waals surface area contributed by atoms with Crippen LogP contribution in [0.2, 0.25) is 0 Å². The van der Waals surface area contributed by atoms with Crippen LogP contribution in [-0.4, -0.2) is 40.7 Å². The maximum absolute atomic E-state index is 12.8. The van der Waals surface area contributed by atoms with Crippen LogP contribution in [0, 0.1) is 0 Å². The standard InChI is InChI=1S/C22H21N3O4S/c26-20-11-17(16-5-8-30-12-16)23-22(24-20)15-3-6-25(7-4-15)21(27)10-14-1-2-18-19(9-14)29-13-28-18/h1-2,5,8-9,11-12,15H,3-4,6-7,10,13H2,(H,23,24,26). The first-order valence-corrected chi connectivity index (χ1v) is 10.9. The molecule has 2 aliphatic heterocycles. The molecule has 1 N–H and O–H groups in total. The molecule has 7 nitrogen and oxygen atoms in total. The Morgan fingerprint density at radius 3 is 2.80 bits per heavy atom. The lowest BCUT2D eigenvalue weighted by Gasteiger charge is -2.31. The monoisotopic (exact) mass is 423 g/mol. The number of aromatic amines is 1. The maximum Gasteiger partial charge on any atom is 0.251 e. The number of hydrogen-bond donors (Lipinski definition) is 1. The number of H-pyrrole nitrogens is 1. The zero-order valence-electron chi connectivity index (χ0n) is 16.3. The van der Waals surface area contributed by atoms with Crippen molar-refractivity contribution in [2.24, 2.45) is 0 Å². The first kappa shape index (κ1) is 18.9. The van der Waals surface area contributed by atoms with Crippen molar-refractivity contribution in [3.63, 3.8) is 0 Å². The molecule has 1 amide bonds. The Morgan fingerprint density at radius 2 is 2.00 bits per heavy atom. The Labute approximate surface area is 177 Å². The van der Waals surface area contributed by atoms with Crippen LogP contribution in [0.25, 0.3) is 11.3 Å². The van der Waals surface area contributed by atoms with Gasteiger partial charge in [0, 0.05) is 36.0 Å². The van der Waals surface area contributed by atoms with E-state index in [1.165, 1.54) is 6.07 Å². The minimum atomic E-state index is -0.137. The third kappa shape index (κ3) is 3.82. The molecule has 30 heavy (non-hydrogen) atoms. The molecule has 0 aliphatic carbocycles. The van der Waals surface area contributed by atoms with Crippen molar-refractivity contribution in [3.8, 4) is 22.8 Å². The van der Waals surface area contributed by atoms with Gasteiger partial charge in [0.15, 0.2) is 11.5 Å². The quantitative estimate of drug-likeness (QED) is 0.697. The van der Waals surface area contributed by atoms with Crippen molar-refractivity contribution in [2.75, 3.05) is 19.9 Å². The van der Waals surface area contributed by atoms with E-state index in [2.05, 4.69) is 4.98 Å². The van der Waals surface area contributed by atoms with Crippen molar-refractivity contribution in [2.45, 2.75) is 25.2 Å². The number of carbonyl (C=O) groups excluding carboxylic acids is 1. The lowest BCUT2D eigenvalue weighted by Crippen LogP contribution is -2.39. The largest absolute Gasteiger partial charge is 0.454 e.